The zero-order valence-corrected chi connectivity index (χ0v) is 10.8. The summed E-state index contributed by atoms with van der Waals surface area (Å²) in [5.74, 6) is -0.0806. The fourth-order valence-corrected chi connectivity index (χ4v) is 3.32. The van der Waals surface area contributed by atoms with Crippen molar-refractivity contribution in [2.75, 3.05) is 5.88 Å². The zero-order valence-electron chi connectivity index (χ0n) is 9.25. The summed E-state index contributed by atoms with van der Waals surface area (Å²) in [5, 5.41) is 6.11. The van der Waals surface area contributed by atoms with Crippen LogP contribution < -0.4 is 5.32 Å². The molecular formula is C11H15ClN2OS. The Hall–Kier alpha value is -0.610. The van der Waals surface area contributed by atoms with E-state index in [2.05, 4.69) is 10.3 Å². The Balaban J connectivity index is 2.25. The quantitative estimate of drug-likeness (QED) is 0.847. The molecule has 0 saturated heterocycles. The summed E-state index contributed by atoms with van der Waals surface area (Å²) in [6.07, 6.45) is 4.23. The molecule has 0 aliphatic heterocycles. The second-order valence-corrected chi connectivity index (χ2v) is 5.39. The highest BCUT2D eigenvalue weighted by molar-refractivity contribution is 7.09. The zero-order chi connectivity index (χ0) is 11.6. The van der Waals surface area contributed by atoms with E-state index in [0.29, 0.717) is 0 Å². The van der Waals surface area contributed by atoms with Crippen molar-refractivity contribution in [2.24, 2.45) is 0 Å². The Bertz CT molecular complexity index is 385. The van der Waals surface area contributed by atoms with E-state index in [4.69, 9.17) is 11.6 Å². The van der Waals surface area contributed by atoms with Gasteiger partial charge in [-0.1, -0.05) is 12.8 Å². The standard InChI is InChI=1S/C11H15ClN2OS/c1-8-7-16-10(13-8)11(4-2-3-5-11)14-9(15)6-12/h7H,2-6H2,1H3,(H,14,15). The SMILES string of the molecule is Cc1csc(C2(NC(=O)CCl)CCCC2)n1. The molecule has 1 aromatic rings. The second-order valence-electron chi connectivity index (χ2n) is 4.27. The number of halogens is 1. The van der Waals surface area contributed by atoms with Crippen molar-refractivity contribution in [2.45, 2.75) is 38.1 Å². The van der Waals surface area contributed by atoms with Gasteiger partial charge in [0.2, 0.25) is 5.91 Å². The molecule has 0 spiro atoms. The molecule has 88 valence electrons. The third-order valence-electron chi connectivity index (χ3n) is 2.99. The van der Waals surface area contributed by atoms with Gasteiger partial charge in [-0.25, -0.2) is 4.98 Å². The van der Waals surface area contributed by atoms with Gasteiger partial charge in [0, 0.05) is 11.1 Å². The Labute approximate surface area is 104 Å². The first-order chi connectivity index (χ1) is 7.66. The lowest BCUT2D eigenvalue weighted by atomic mass is 9.98. The van der Waals surface area contributed by atoms with E-state index in [0.717, 1.165) is 36.4 Å². The highest BCUT2D eigenvalue weighted by atomic mass is 35.5. The topological polar surface area (TPSA) is 42.0 Å². The number of thiazole rings is 1. The number of alkyl halides is 1. The van der Waals surface area contributed by atoms with Gasteiger partial charge in [0.1, 0.15) is 10.9 Å². The Kier molecular flexibility index (Phi) is 3.50. The number of nitrogens with one attached hydrogen (secondary N) is 1. The predicted octanol–water partition coefficient (Wildman–Crippen LogP) is 2.58. The third kappa shape index (κ3) is 2.23. The number of rotatable bonds is 3. The molecule has 5 heteroatoms. The van der Waals surface area contributed by atoms with E-state index in [1.54, 1.807) is 11.3 Å². The van der Waals surface area contributed by atoms with Gasteiger partial charge in [0.15, 0.2) is 0 Å². The minimum atomic E-state index is -0.245. The van der Waals surface area contributed by atoms with E-state index >= 15 is 0 Å². The molecule has 2 rings (SSSR count). The van der Waals surface area contributed by atoms with Gasteiger partial charge in [0.05, 0.1) is 5.54 Å². The van der Waals surface area contributed by atoms with Crippen LogP contribution in [0.25, 0.3) is 0 Å². The molecule has 0 bridgehead atoms. The first-order valence-corrected chi connectivity index (χ1v) is 6.87. The fraction of sp³-hybridized carbons (Fsp3) is 0.636. The van der Waals surface area contributed by atoms with Crippen LogP contribution in [-0.4, -0.2) is 16.8 Å². The van der Waals surface area contributed by atoms with E-state index in [1.165, 1.54) is 0 Å². The van der Waals surface area contributed by atoms with E-state index in [9.17, 15) is 4.79 Å². The molecule has 0 radical (unpaired) electrons. The number of aryl methyl sites for hydroxylation is 1. The minimum Gasteiger partial charge on any atom is -0.343 e. The van der Waals surface area contributed by atoms with Crippen molar-refractivity contribution in [1.82, 2.24) is 10.3 Å². The Morgan fingerprint density at radius 1 is 1.62 bits per heavy atom. The summed E-state index contributed by atoms with van der Waals surface area (Å²) in [6.45, 7) is 1.98. The van der Waals surface area contributed by atoms with Crippen molar-refractivity contribution < 1.29 is 4.79 Å². The Morgan fingerprint density at radius 2 is 2.31 bits per heavy atom. The molecule has 1 fully saturated rings. The van der Waals surface area contributed by atoms with Crippen LogP contribution in [0.2, 0.25) is 0 Å². The van der Waals surface area contributed by atoms with Crippen LogP contribution in [0, 0.1) is 6.92 Å². The molecule has 1 aromatic heterocycles. The minimum absolute atomic E-state index is 0.0199. The predicted molar refractivity (Wildman–Crippen MR) is 65.9 cm³/mol. The first kappa shape index (κ1) is 11.9. The van der Waals surface area contributed by atoms with Gasteiger partial charge in [0.25, 0.3) is 0 Å². The molecule has 3 nitrogen and oxygen atoms in total. The summed E-state index contributed by atoms with van der Waals surface area (Å²) in [6, 6.07) is 0. The number of nitrogens with zero attached hydrogens (tertiary/aromatic N) is 1. The number of hydrogen-bond donors (Lipinski definition) is 1. The molecule has 1 saturated carbocycles. The number of carbonyl (C=O) groups is 1. The molecule has 1 aliphatic rings. The fourth-order valence-electron chi connectivity index (χ4n) is 2.24. The largest absolute Gasteiger partial charge is 0.343 e. The van der Waals surface area contributed by atoms with Crippen LogP contribution in [0.5, 0.6) is 0 Å². The number of hydrogen-bond acceptors (Lipinski definition) is 3. The molecule has 16 heavy (non-hydrogen) atoms. The highest BCUT2D eigenvalue weighted by Crippen LogP contribution is 2.40. The van der Waals surface area contributed by atoms with Crippen LogP contribution in [-0.2, 0) is 10.3 Å². The van der Waals surface area contributed by atoms with Crippen molar-refractivity contribution in [3.8, 4) is 0 Å². The first-order valence-electron chi connectivity index (χ1n) is 5.46. The van der Waals surface area contributed by atoms with Gasteiger partial charge in [-0.15, -0.1) is 22.9 Å². The lowest BCUT2D eigenvalue weighted by Crippen LogP contribution is -2.44. The average Bonchev–Trinajstić information content (AvgIpc) is 2.88. The molecule has 1 N–H and O–H groups in total. The molecule has 0 atom stereocenters. The summed E-state index contributed by atoms with van der Waals surface area (Å²) in [4.78, 5) is 16.0. The maximum absolute atomic E-state index is 11.5. The van der Waals surface area contributed by atoms with E-state index in [1.807, 2.05) is 12.3 Å². The lowest BCUT2D eigenvalue weighted by molar-refractivity contribution is -0.120. The summed E-state index contributed by atoms with van der Waals surface area (Å²) < 4.78 is 0. The summed E-state index contributed by atoms with van der Waals surface area (Å²) in [5.41, 5.74) is 0.775. The van der Waals surface area contributed by atoms with Gasteiger partial charge < -0.3 is 5.32 Å². The maximum Gasteiger partial charge on any atom is 0.235 e. The highest BCUT2D eigenvalue weighted by Gasteiger charge is 2.39. The van der Waals surface area contributed by atoms with Crippen LogP contribution in [0.3, 0.4) is 0 Å². The molecule has 0 aromatic carbocycles. The van der Waals surface area contributed by atoms with Gasteiger partial charge >= 0.3 is 0 Å². The number of aromatic nitrogens is 1. The summed E-state index contributed by atoms with van der Waals surface area (Å²) in [7, 11) is 0. The van der Waals surface area contributed by atoms with Gasteiger partial charge in [-0.3, -0.25) is 4.79 Å². The lowest BCUT2D eigenvalue weighted by Gasteiger charge is -2.27. The van der Waals surface area contributed by atoms with E-state index in [-0.39, 0.29) is 17.3 Å². The third-order valence-corrected chi connectivity index (χ3v) is 4.39. The number of carbonyl (C=O) groups excluding carboxylic acids is 1. The average molecular weight is 259 g/mol. The normalized spacial score (nSPS) is 18.6. The van der Waals surface area contributed by atoms with Crippen molar-refractivity contribution >= 4 is 28.8 Å². The van der Waals surface area contributed by atoms with E-state index < -0.39 is 0 Å². The summed E-state index contributed by atoms with van der Waals surface area (Å²) >= 11 is 7.19. The molecule has 1 amide bonds. The monoisotopic (exact) mass is 258 g/mol. The van der Waals surface area contributed by atoms with Crippen molar-refractivity contribution in [3.05, 3.63) is 16.1 Å². The second kappa shape index (κ2) is 4.72. The molecular weight excluding hydrogens is 244 g/mol. The number of amides is 1. The Morgan fingerprint density at radius 3 is 2.81 bits per heavy atom. The van der Waals surface area contributed by atoms with Gasteiger partial charge in [-0.2, -0.15) is 0 Å². The van der Waals surface area contributed by atoms with Crippen LogP contribution in [0.1, 0.15) is 36.4 Å². The molecule has 0 unspecified atom stereocenters. The van der Waals surface area contributed by atoms with Crippen molar-refractivity contribution in [3.63, 3.8) is 0 Å². The van der Waals surface area contributed by atoms with Crippen molar-refractivity contribution in [1.29, 1.82) is 0 Å². The smallest absolute Gasteiger partial charge is 0.235 e. The van der Waals surface area contributed by atoms with Crippen LogP contribution >= 0.6 is 22.9 Å². The van der Waals surface area contributed by atoms with Crippen LogP contribution in [0.4, 0.5) is 0 Å². The molecule has 1 heterocycles. The molecule has 1 aliphatic carbocycles. The van der Waals surface area contributed by atoms with Crippen LogP contribution in [0.15, 0.2) is 5.38 Å². The maximum atomic E-state index is 11.5. The van der Waals surface area contributed by atoms with Gasteiger partial charge in [-0.05, 0) is 19.8 Å².